The van der Waals surface area contributed by atoms with Gasteiger partial charge in [-0.15, -0.1) is 0 Å². The summed E-state index contributed by atoms with van der Waals surface area (Å²) in [7, 11) is 0. The van der Waals surface area contributed by atoms with Gasteiger partial charge in [-0.2, -0.15) is 11.8 Å². The van der Waals surface area contributed by atoms with E-state index in [9.17, 15) is 14.7 Å². The predicted molar refractivity (Wildman–Crippen MR) is 69.2 cm³/mol. The van der Waals surface area contributed by atoms with Gasteiger partial charge in [0.05, 0.1) is 0 Å². The standard InChI is InChI=1S/C12H21NO3S/c1-5-13(9(2)14)12(10(15)16)6-11(3,4)7-17-8-12/h5-8H2,1-4H3,(H,15,16). The molecule has 0 aromatic heterocycles. The normalized spacial score (nSPS) is 27.5. The molecule has 1 aliphatic heterocycles. The second-order valence-corrected chi connectivity index (χ2v) is 6.42. The Kier molecular flexibility index (Phi) is 4.12. The molecule has 1 heterocycles. The fourth-order valence-electron chi connectivity index (χ4n) is 2.64. The largest absolute Gasteiger partial charge is 0.479 e. The van der Waals surface area contributed by atoms with Gasteiger partial charge in [0.25, 0.3) is 0 Å². The predicted octanol–water partition coefficient (Wildman–Crippen LogP) is 1.84. The molecule has 0 spiro atoms. The van der Waals surface area contributed by atoms with Gasteiger partial charge in [0.2, 0.25) is 5.91 Å². The Labute approximate surface area is 107 Å². The summed E-state index contributed by atoms with van der Waals surface area (Å²) in [6, 6.07) is 0. The third kappa shape index (κ3) is 2.76. The van der Waals surface area contributed by atoms with Crippen LogP contribution in [0.15, 0.2) is 0 Å². The zero-order valence-electron chi connectivity index (χ0n) is 10.9. The van der Waals surface area contributed by atoms with Crippen LogP contribution in [0.25, 0.3) is 0 Å². The quantitative estimate of drug-likeness (QED) is 0.840. The van der Waals surface area contributed by atoms with E-state index in [0.717, 1.165) is 5.75 Å². The number of likely N-dealkylation sites (N-methyl/N-ethyl adjacent to an activating group) is 1. The lowest BCUT2D eigenvalue weighted by Crippen LogP contribution is -2.62. The molecule has 0 bridgehead atoms. The lowest BCUT2D eigenvalue weighted by atomic mass is 9.78. The molecule has 1 unspecified atom stereocenters. The number of amides is 1. The summed E-state index contributed by atoms with van der Waals surface area (Å²) in [4.78, 5) is 24.8. The first-order valence-electron chi connectivity index (χ1n) is 5.84. The van der Waals surface area contributed by atoms with E-state index in [-0.39, 0.29) is 11.3 Å². The van der Waals surface area contributed by atoms with Crippen molar-refractivity contribution >= 4 is 23.6 Å². The van der Waals surface area contributed by atoms with Gasteiger partial charge in [0.1, 0.15) is 5.54 Å². The molecule has 1 amide bonds. The number of nitrogens with zero attached hydrogens (tertiary/aromatic N) is 1. The third-order valence-electron chi connectivity index (χ3n) is 3.22. The fraction of sp³-hybridized carbons (Fsp3) is 0.833. The minimum Gasteiger partial charge on any atom is -0.479 e. The number of carboxylic acids is 1. The van der Waals surface area contributed by atoms with Crippen LogP contribution in [0.1, 0.15) is 34.1 Å². The van der Waals surface area contributed by atoms with Crippen LogP contribution in [0.5, 0.6) is 0 Å². The molecule has 98 valence electrons. The molecule has 5 heteroatoms. The average Bonchev–Trinajstić information content (AvgIpc) is 2.15. The smallest absolute Gasteiger partial charge is 0.330 e. The van der Waals surface area contributed by atoms with Crippen molar-refractivity contribution in [3.63, 3.8) is 0 Å². The molecule has 1 N–H and O–H groups in total. The first-order valence-corrected chi connectivity index (χ1v) is 7.00. The van der Waals surface area contributed by atoms with Crippen LogP contribution in [-0.4, -0.2) is 45.5 Å². The van der Waals surface area contributed by atoms with Gasteiger partial charge in [-0.05, 0) is 24.5 Å². The van der Waals surface area contributed by atoms with E-state index in [1.807, 2.05) is 6.92 Å². The molecule has 1 saturated heterocycles. The van der Waals surface area contributed by atoms with Crippen LogP contribution in [0.3, 0.4) is 0 Å². The zero-order chi connectivity index (χ0) is 13.3. The van der Waals surface area contributed by atoms with E-state index in [4.69, 9.17) is 0 Å². The second kappa shape index (κ2) is 4.88. The second-order valence-electron chi connectivity index (χ2n) is 5.43. The summed E-state index contributed by atoms with van der Waals surface area (Å²) < 4.78 is 0. The van der Waals surface area contributed by atoms with Crippen LogP contribution >= 0.6 is 11.8 Å². The maximum atomic E-state index is 11.7. The topological polar surface area (TPSA) is 57.6 Å². The number of hydrogen-bond donors (Lipinski definition) is 1. The fourth-order valence-corrected chi connectivity index (χ4v) is 4.12. The molecule has 0 aliphatic carbocycles. The molecule has 17 heavy (non-hydrogen) atoms. The molecule has 1 rings (SSSR count). The lowest BCUT2D eigenvalue weighted by molar-refractivity contribution is -0.159. The van der Waals surface area contributed by atoms with Crippen molar-refractivity contribution in [2.24, 2.45) is 5.41 Å². The van der Waals surface area contributed by atoms with E-state index in [1.54, 1.807) is 11.8 Å². The van der Waals surface area contributed by atoms with E-state index >= 15 is 0 Å². The Morgan fingerprint density at radius 2 is 1.94 bits per heavy atom. The zero-order valence-corrected chi connectivity index (χ0v) is 11.8. The van der Waals surface area contributed by atoms with Gasteiger partial charge < -0.3 is 10.0 Å². The van der Waals surface area contributed by atoms with E-state index in [1.165, 1.54) is 11.8 Å². The van der Waals surface area contributed by atoms with Crippen LogP contribution < -0.4 is 0 Å². The average molecular weight is 259 g/mol. The number of rotatable bonds is 3. The molecule has 1 atom stereocenters. The highest BCUT2D eigenvalue weighted by atomic mass is 32.2. The number of hydrogen-bond acceptors (Lipinski definition) is 3. The van der Waals surface area contributed by atoms with Gasteiger partial charge in [-0.1, -0.05) is 13.8 Å². The van der Waals surface area contributed by atoms with Crippen molar-refractivity contribution in [1.82, 2.24) is 4.90 Å². The maximum absolute atomic E-state index is 11.7. The van der Waals surface area contributed by atoms with Gasteiger partial charge in [-0.25, -0.2) is 4.79 Å². The summed E-state index contributed by atoms with van der Waals surface area (Å²) in [6.45, 7) is 7.84. The first-order chi connectivity index (χ1) is 7.75. The summed E-state index contributed by atoms with van der Waals surface area (Å²) >= 11 is 1.62. The van der Waals surface area contributed by atoms with Crippen molar-refractivity contribution in [3.8, 4) is 0 Å². The number of thioether (sulfide) groups is 1. The van der Waals surface area contributed by atoms with Gasteiger partial charge in [0.15, 0.2) is 0 Å². The Bertz CT molecular complexity index is 330. The van der Waals surface area contributed by atoms with E-state index in [2.05, 4.69) is 13.8 Å². The monoisotopic (exact) mass is 259 g/mol. The molecular weight excluding hydrogens is 238 g/mol. The minimum absolute atomic E-state index is 0.0514. The summed E-state index contributed by atoms with van der Waals surface area (Å²) in [5.41, 5.74) is -1.09. The molecule has 0 saturated carbocycles. The number of carbonyl (C=O) groups is 2. The molecule has 1 aliphatic rings. The van der Waals surface area contributed by atoms with Crippen molar-refractivity contribution in [3.05, 3.63) is 0 Å². The molecule has 0 aromatic rings. The van der Waals surface area contributed by atoms with Crippen molar-refractivity contribution in [2.45, 2.75) is 39.7 Å². The van der Waals surface area contributed by atoms with Crippen LogP contribution in [0.2, 0.25) is 0 Å². The van der Waals surface area contributed by atoms with Gasteiger partial charge in [-0.3, -0.25) is 4.79 Å². The molecular formula is C12H21NO3S. The van der Waals surface area contributed by atoms with Crippen molar-refractivity contribution < 1.29 is 14.7 Å². The Morgan fingerprint density at radius 1 is 1.35 bits per heavy atom. The van der Waals surface area contributed by atoms with Crippen molar-refractivity contribution in [1.29, 1.82) is 0 Å². The lowest BCUT2D eigenvalue weighted by Gasteiger charge is -2.47. The summed E-state index contributed by atoms with van der Waals surface area (Å²) in [5.74, 6) is 0.388. The highest BCUT2D eigenvalue weighted by Gasteiger charge is 2.51. The minimum atomic E-state index is -1.03. The van der Waals surface area contributed by atoms with Crippen molar-refractivity contribution in [2.75, 3.05) is 18.1 Å². The molecule has 1 fully saturated rings. The van der Waals surface area contributed by atoms with Gasteiger partial charge in [0, 0.05) is 19.2 Å². The highest BCUT2D eigenvalue weighted by Crippen LogP contribution is 2.42. The summed E-state index contributed by atoms with van der Waals surface area (Å²) in [5, 5.41) is 9.56. The molecule has 0 radical (unpaired) electrons. The van der Waals surface area contributed by atoms with E-state index in [0.29, 0.717) is 18.7 Å². The summed E-state index contributed by atoms with van der Waals surface area (Å²) in [6.07, 6.45) is 0.524. The number of aliphatic carboxylic acids is 1. The Balaban J connectivity index is 3.12. The van der Waals surface area contributed by atoms with Gasteiger partial charge >= 0.3 is 5.97 Å². The van der Waals surface area contributed by atoms with Crippen LogP contribution in [0.4, 0.5) is 0 Å². The highest BCUT2D eigenvalue weighted by molar-refractivity contribution is 7.99. The SMILES string of the molecule is CCN(C(C)=O)C1(C(=O)O)CSCC(C)(C)C1. The Hall–Kier alpha value is -0.710. The van der Waals surface area contributed by atoms with Crippen LogP contribution in [0, 0.1) is 5.41 Å². The van der Waals surface area contributed by atoms with Crippen LogP contribution in [-0.2, 0) is 9.59 Å². The molecule has 4 nitrogen and oxygen atoms in total. The first kappa shape index (κ1) is 14.4. The number of carboxylic acid groups (broad SMARTS) is 1. The Morgan fingerprint density at radius 3 is 2.29 bits per heavy atom. The maximum Gasteiger partial charge on any atom is 0.330 e. The third-order valence-corrected chi connectivity index (χ3v) is 4.88. The number of carbonyl (C=O) groups excluding carboxylic acids is 1. The molecule has 0 aromatic carbocycles. The van der Waals surface area contributed by atoms with E-state index < -0.39 is 11.5 Å².